The maximum absolute atomic E-state index is 13.0. The highest BCUT2D eigenvalue weighted by Gasteiger charge is 2.38. The summed E-state index contributed by atoms with van der Waals surface area (Å²) in [6.07, 6.45) is 0.453. The van der Waals surface area contributed by atoms with Gasteiger partial charge in [0.1, 0.15) is 0 Å². The van der Waals surface area contributed by atoms with E-state index in [9.17, 15) is 45.5 Å². The molecule has 0 fully saturated rings. The van der Waals surface area contributed by atoms with Gasteiger partial charge in [0, 0.05) is 39.3 Å². The summed E-state index contributed by atoms with van der Waals surface area (Å²) in [5.74, 6) is -3.96. The van der Waals surface area contributed by atoms with Crippen molar-refractivity contribution in [1.82, 2.24) is 20.4 Å². The van der Waals surface area contributed by atoms with Crippen LogP contribution in [0.2, 0.25) is 0 Å². The molecular formula is C32H56F6N4O6. The molecule has 0 spiro atoms. The van der Waals surface area contributed by atoms with E-state index in [1.54, 1.807) is 0 Å². The number of hydrogen-bond donors (Lipinski definition) is 2. The summed E-state index contributed by atoms with van der Waals surface area (Å²) in [5.41, 5.74) is 0. The van der Waals surface area contributed by atoms with Crippen LogP contribution in [-0.4, -0.2) is 98.6 Å². The van der Waals surface area contributed by atoms with Crippen molar-refractivity contribution in [3.8, 4) is 0 Å². The number of rotatable bonds is 27. The molecule has 0 unspecified atom stereocenters. The predicted molar refractivity (Wildman–Crippen MR) is 169 cm³/mol. The summed E-state index contributed by atoms with van der Waals surface area (Å²) < 4.78 is 84.9. The Hall–Kier alpha value is -2.94. The second-order valence-corrected chi connectivity index (χ2v) is 11.7. The third-order valence-electron chi connectivity index (χ3n) is 7.40. The number of nitrogens with one attached hydrogen (secondary N) is 2. The SMILES string of the molecule is CCCCCCOC(=O)N(CCCCCCNC(=O)C(F)(F)F)CCN(CCCCCCNC(=O)C(F)(F)F)C(=O)OCCCCCC. The van der Waals surface area contributed by atoms with Crippen LogP contribution in [0.5, 0.6) is 0 Å². The Bertz CT molecular complexity index is 822. The highest BCUT2D eigenvalue weighted by Crippen LogP contribution is 2.15. The number of nitrogens with zero attached hydrogens (tertiary/aromatic N) is 2. The molecule has 0 aliphatic heterocycles. The molecule has 0 bridgehead atoms. The van der Waals surface area contributed by atoms with Crippen LogP contribution in [0.3, 0.4) is 0 Å². The summed E-state index contributed by atoms with van der Waals surface area (Å²) >= 11 is 0. The third kappa shape index (κ3) is 24.2. The van der Waals surface area contributed by atoms with Crippen LogP contribution >= 0.6 is 0 Å². The lowest BCUT2D eigenvalue weighted by molar-refractivity contribution is -0.173. The van der Waals surface area contributed by atoms with E-state index in [1.807, 2.05) is 10.6 Å². The van der Waals surface area contributed by atoms with Gasteiger partial charge in [-0.3, -0.25) is 9.59 Å². The van der Waals surface area contributed by atoms with E-state index < -0.39 is 36.4 Å². The Morgan fingerprint density at radius 2 is 0.812 bits per heavy atom. The molecule has 48 heavy (non-hydrogen) atoms. The minimum Gasteiger partial charge on any atom is -0.449 e. The van der Waals surface area contributed by atoms with E-state index in [4.69, 9.17) is 9.47 Å². The topological polar surface area (TPSA) is 117 Å². The summed E-state index contributed by atoms with van der Waals surface area (Å²) in [6.45, 7) is 5.32. The highest BCUT2D eigenvalue weighted by atomic mass is 19.4. The molecule has 0 aromatic rings. The Balaban J connectivity index is 5.06. The molecule has 0 aromatic carbocycles. The fourth-order valence-corrected chi connectivity index (χ4v) is 4.56. The van der Waals surface area contributed by atoms with E-state index in [1.165, 1.54) is 9.80 Å². The van der Waals surface area contributed by atoms with Crippen molar-refractivity contribution in [2.75, 3.05) is 52.5 Å². The number of unbranched alkanes of at least 4 members (excludes halogenated alkanes) is 12. The van der Waals surface area contributed by atoms with Gasteiger partial charge >= 0.3 is 36.4 Å². The minimum absolute atomic E-state index is 0.112. The van der Waals surface area contributed by atoms with Crippen molar-refractivity contribution in [2.45, 2.75) is 129 Å². The number of carbonyl (C=O) groups excluding carboxylic acids is 4. The van der Waals surface area contributed by atoms with Crippen LogP contribution < -0.4 is 10.6 Å². The van der Waals surface area contributed by atoms with Crippen LogP contribution in [-0.2, 0) is 19.1 Å². The summed E-state index contributed by atoms with van der Waals surface area (Å²) in [7, 11) is 0. The second kappa shape index (κ2) is 26.9. The lowest BCUT2D eigenvalue weighted by atomic mass is 10.2. The fourth-order valence-electron chi connectivity index (χ4n) is 4.56. The third-order valence-corrected chi connectivity index (χ3v) is 7.40. The quantitative estimate of drug-likeness (QED) is 0.0675. The molecular weight excluding hydrogens is 650 g/mol. The van der Waals surface area contributed by atoms with Crippen molar-refractivity contribution >= 4 is 24.0 Å². The number of carbonyl (C=O) groups is 4. The number of amides is 4. The van der Waals surface area contributed by atoms with E-state index in [2.05, 4.69) is 13.8 Å². The summed E-state index contributed by atoms with van der Waals surface area (Å²) in [5, 5.41) is 3.66. The van der Waals surface area contributed by atoms with Gasteiger partial charge in [0.15, 0.2) is 0 Å². The van der Waals surface area contributed by atoms with E-state index in [0.717, 1.165) is 38.5 Å². The molecule has 282 valence electrons. The number of ether oxygens (including phenoxy) is 2. The van der Waals surface area contributed by atoms with Crippen LogP contribution in [0, 0.1) is 0 Å². The zero-order valence-corrected chi connectivity index (χ0v) is 28.6. The molecule has 0 rings (SSSR count). The molecule has 0 aliphatic rings. The first-order chi connectivity index (χ1) is 22.7. The van der Waals surface area contributed by atoms with Gasteiger partial charge in [-0.05, 0) is 38.5 Å². The smallest absolute Gasteiger partial charge is 0.449 e. The fraction of sp³-hybridized carbons (Fsp3) is 0.875. The average Bonchev–Trinajstić information content (AvgIpc) is 3.02. The van der Waals surface area contributed by atoms with Crippen LogP contribution in [0.1, 0.15) is 117 Å². The van der Waals surface area contributed by atoms with Crippen molar-refractivity contribution in [3.05, 3.63) is 0 Å². The van der Waals surface area contributed by atoms with Gasteiger partial charge in [-0.15, -0.1) is 0 Å². The molecule has 0 atom stereocenters. The van der Waals surface area contributed by atoms with Gasteiger partial charge < -0.3 is 29.9 Å². The van der Waals surface area contributed by atoms with Gasteiger partial charge in [0.05, 0.1) is 13.2 Å². The van der Waals surface area contributed by atoms with Gasteiger partial charge in [-0.25, -0.2) is 9.59 Å². The molecule has 0 aromatic heterocycles. The molecule has 0 saturated carbocycles. The van der Waals surface area contributed by atoms with Crippen LogP contribution in [0.25, 0.3) is 0 Å². The molecule has 16 heteroatoms. The van der Waals surface area contributed by atoms with E-state index >= 15 is 0 Å². The van der Waals surface area contributed by atoms with Crippen LogP contribution in [0.4, 0.5) is 35.9 Å². The molecule has 0 aliphatic carbocycles. The summed E-state index contributed by atoms with van der Waals surface area (Å²) in [6, 6.07) is 0. The second-order valence-electron chi connectivity index (χ2n) is 11.7. The number of hydrogen-bond acceptors (Lipinski definition) is 6. The van der Waals surface area contributed by atoms with Crippen molar-refractivity contribution in [1.29, 1.82) is 0 Å². The Kier molecular flexibility index (Phi) is 25.3. The Morgan fingerprint density at radius 1 is 0.479 bits per heavy atom. The number of alkyl halides is 6. The minimum atomic E-state index is -4.93. The van der Waals surface area contributed by atoms with Gasteiger partial charge in [-0.2, -0.15) is 26.3 Å². The zero-order valence-electron chi connectivity index (χ0n) is 28.6. The highest BCUT2D eigenvalue weighted by molar-refractivity contribution is 5.81. The molecule has 2 N–H and O–H groups in total. The monoisotopic (exact) mass is 706 g/mol. The first-order valence-corrected chi connectivity index (χ1v) is 17.3. The average molecular weight is 707 g/mol. The van der Waals surface area contributed by atoms with Crippen molar-refractivity contribution < 1.29 is 55.0 Å². The first kappa shape index (κ1) is 45.1. The molecule has 10 nitrogen and oxygen atoms in total. The number of halogens is 6. The van der Waals surface area contributed by atoms with Gasteiger partial charge in [0.25, 0.3) is 0 Å². The van der Waals surface area contributed by atoms with Gasteiger partial charge in [-0.1, -0.05) is 78.1 Å². The standard InChI is InChI=1S/C32H56F6N4O6/c1-3-5-7-17-25-47-29(45)41(21-15-11-9-13-19-39-27(43)31(33,34)35)23-24-42(30(46)48-26-18-8-6-4-2)22-16-12-10-14-20-40-28(44)32(36,37)38/h3-26H2,1-2H3,(H,39,43)(H,40,44). The zero-order chi connectivity index (χ0) is 36.3. The largest absolute Gasteiger partial charge is 0.471 e. The maximum Gasteiger partial charge on any atom is 0.471 e. The Labute approximate surface area is 281 Å². The molecule has 0 heterocycles. The molecule has 4 amide bonds. The first-order valence-electron chi connectivity index (χ1n) is 17.3. The maximum atomic E-state index is 13.0. The molecule has 0 saturated heterocycles. The predicted octanol–water partition coefficient (Wildman–Crippen LogP) is 7.50. The normalized spacial score (nSPS) is 11.6. The van der Waals surface area contributed by atoms with E-state index in [-0.39, 0.29) is 39.4 Å². The van der Waals surface area contributed by atoms with E-state index in [0.29, 0.717) is 77.3 Å². The van der Waals surface area contributed by atoms with Crippen molar-refractivity contribution in [3.63, 3.8) is 0 Å². The lowest BCUT2D eigenvalue weighted by Gasteiger charge is -2.27. The van der Waals surface area contributed by atoms with Gasteiger partial charge in [0.2, 0.25) is 0 Å². The summed E-state index contributed by atoms with van der Waals surface area (Å²) in [4.78, 5) is 50.8. The van der Waals surface area contributed by atoms with Crippen molar-refractivity contribution in [2.24, 2.45) is 0 Å². The Morgan fingerprint density at radius 3 is 1.15 bits per heavy atom. The molecule has 0 radical (unpaired) electrons. The van der Waals surface area contributed by atoms with Crippen LogP contribution in [0.15, 0.2) is 0 Å². The lowest BCUT2D eigenvalue weighted by Crippen LogP contribution is -2.42.